The summed E-state index contributed by atoms with van der Waals surface area (Å²) in [4.78, 5) is 6.86. The summed E-state index contributed by atoms with van der Waals surface area (Å²) in [6.45, 7) is 0. The van der Waals surface area contributed by atoms with Crippen molar-refractivity contribution in [1.82, 2.24) is 9.88 Å². The van der Waals surface area contributed by atoms with Gasteiger partial charge in [0.15, 0.2) is 0 Å². The highest BCUT2D eigenvalue weighted by atomic mass is 32.1. The van der Waals surface area contributed by atoms with Gasteiger partial charge in [0.2, 0.25) is 0 Å². The fourth-order valence-corrected chi connectivity index (χ4v) is 3.68. The number of aromatic nitrogens is 1. The van der Waals surface area contributed by atoms with Gasteiger partial charge >= 0.3 is 0 Å². The Morgan fingerprint density at radius 1 is 1.24 bits per heavy atom. The van der Waals surface area contributed by atoms with Gasteiger partial charge in [-0.15, -0.1) is 11.3 Å². The Labute approximate surface area is 152 Å². The summed E-state index contributed by atoms with van der Waals surface area (Å²) in [5.74, 6) is 1.49. The summed E-state index contributed by atoms with van der Waals surface area (Å²) in [6, 6.07) is 5.72. The van der Waals surface area contributed by atoms with Crippen LogP contribution in [0.15, 0.2) is 47.5 Å². The molecule has 0 fully saturated rings. The molecule has 1 heterocycles. The van der Waals surface area contributed by atoms with Gasteiger partial charge in [0, 0.05) is 36.8 Å². The molecule has 0 amide bonds. The molecule has 1 atom stereocenters. The number of nitrogens with two attached hydrogens (primary N) is 1. The molecule has 5 nitrogen and oxygen atoms in total. The Hall–Kier alpha value is -2.31. The molecule has 2 aromatic rings. The third-order valence-electron chi connectivity index (χ3n) is 4.30. The van der Waals surface area contributed by atoms with Crippen LogP contribution in [0.1, 0.15) is 11.4 Å². The number of likely N-dealkylation sites (N-methyl/N-ethyl adjacent to an activating group) is 1. The Balaban J connectivity index is 1.90. The van der Waals surface area contributed by atoms with Crippen LogP contribution in [0, 0.1) is 0 Å². The Morgan fingerprint density at radius 3 is 2.64 bits per heavy atom. The van der Waals surface area contributed by atoms with Crippen LogP contribution in [0.3, 0.4) is 0 Å². The second kappa shape index (κ2) is 6.90. The van der Waals surface area contributed by atoms with Crippen molar-refractivity contribution in [3.63, 3.8) is 0 Å². The zero-order valence-corrected chi connectivity index (χ0v) is 15.8. The molecular weight excluding hydrogens is 334 g/mol. The van der Waals surface area contributed by atoms with E-state index in [0.29, 0.717) is 0 Å². The van der Waals surface area contributed by atoms with Gasteiger partial charge in [-0.2, -0.15) is 0 Å². The number of allylic oxidation sites excluding steroid dienone is 1. The lowest BCUT2D eigenvalue weighted by atomic mass is 9.92. The summed E-state index contributed by atoms with van der Waals surface area (Å²) >= 11 is 1.57. The molecule has 1 aromatic carbocycles. The van der Waals surface area contributed by atoms with Gasteiger partial charge in [0.1, 0.15) is 16.5 Å². The minimum atomic E-state index is -0.567. The predicted octanol–water partition coefficient (Wildman–Crippen LogP) is 3.39. The van der Waals surface area contributed by atoms with E-state index in [1.807, 2.05) is 43.8 Å². The fraction of sp³-hybridized carbons (Fsp3) is 0.316. The maximum Gasteiger partial charge on any atom is 0.131 e. The molecule has 132 valence electrons. The number of hydrogen-bond donors (Lipinski definition) is 1. The summed E-state index contributed by atoms with van der Waals surface area (Å²) < 4.78 is 10.7. The van der Waals surface area contributed by atoms with Crippen molar-refractivity contribution >= 4 is 11.3 Å². The van der Waals surface area contributed by atoms with Gasteiger partial charge < -0.3 is 20.1 Å². The molecule has 2 N–H and O–H groups in total. The highest BCUT2D eigenvalue weighted by Gasteiger charge is 2.29. The quantitative estimate of drug-likeness (QED) is 0.889. The minimum absolute atomic E-state index is 0.567. The second-order valence-corrected chi connectivity index (χ2v) is 7.06. The number of hydrogen-bond acceptors (Lipinski definition) is 6. The van der Waals surface area contributed by atoms with Crippen LogP contribution >= 0.6 is 11.3 Å². The molecule has 1 aromatic heterocycles. The van der Waals surface area contributed by atoms with Crippen LogP contribution in [-0.2, 0) is 5.54 Å². The van der Waals surface area contributed by atoms with Crippen LogP contribution in [0.2, 0.25) is 0 Å². The first-order chi connectivity index (χ1) is 12.0. The van der Waals surface area contributed by atoms with E-state index < -0.39 is 5.54 Å². The van der Waals surface area contributed by atoms with Gasteiger partial charge in [0.05, 0.1) is 25.5 Å². The van der Waals surface area contributed by atoms with Crippen molar-refractivity contribution < 1.29 is 9.47 Å². The van der Waals surface area contributed by atoms with E-state index in [0.717, 1.165) is 39.9 Å². The number of ether oxygens (including phenoxy) is 2. The second-order valence-electron chi connectivity index (χ2n) is 6.21. The van der Waals surface area contributed by atoms with E-state index >= 15 is 0 Å². The number of rotatable bonds is 5. The van der Waals surface area contributed by atoms with E-state index in [-0.39, 0.29) is 0 Å². The van der Waals surface area contributed by atoms with Crippen LogP contribution in [0.5, 0.6) is 11.5 Å². The molecule has 0 saturated carbocycles. The molecule has 0 saturated heterocycles. The molecule has 1 unspecified atom stereocenters. The molecule has 1 aliphatic rings. The normalized spacial score (nSPS) is 19.5. The van der Waals surface area contributed by atoms with Gasteiger partial charge in [-0.05, 0) is 24.6 Å². The topological polar surface area (TPSA) is 60.6 Å². The highest BCUT2D eigenvalue weighted by Crippen LogP contribution is 2.37. The predicted molar refractivity (Wildman–Crippen MR) is 102 cm³/mol. The molecule has 0 spiro atoms. The average molecular weight is 357 g/mol. The smallest absolute Gasteiger partial charge is 0.131 e. The van der Waals surface area contributed by atoms with Crippen molar-refractivity contribution in [2.45, 2.75) is 12.0 Å². The van der Waals surface area contributed by atoms with Crippen LogP contribution in [-0.4, -0.2) is 38.2 Å². The Bertz CT molecular complexity index is 826. The van der Waals surface area contributed by atoms with Gasteiger partial charge in [-0.1, -0.05) is 12.2 Å². The molecule has 25 heavy (non-hydrogen) atoms. The van der Waals surface area contributed by atoms with E-state index in [2.05, 4.69) is 17.1 Å². The van der Waals surface area contributed by atoms with Gasteiger partial charge in [-0.3, -0.25) is 0 Å². The molecule has 0 radical (unpaired) electrons. The van der Waals surface area contributed by atoms with E-state index in [1.54, 1.807) is 25.6 Å². The first-order valence-electron chi connectivity index (χ1n) is 8.01. The van der Waals surface area contributed by atoms with Crippen LogP contribution in [0.4, 0.5) is 0 Å². The fourth-order valence-electron chi connectivity index (χ4n) is 2.76. The molecule has 0 aliphatic heterocycles. The summed E-state index contributed by atoms with van der Waals surface area (Å²) in [5, 5.41) is 2.92. The van der Waals surface area contributed by atoms with Crippen molar-refractivity contribution in [1.29, 1.82) is 0 Å². The van der Waals surface area contributed by atoms with Crippen molar-refractivity contribution in [2.24, 2.45) is 5.73 Å². The summed E-state index contributed by atoms with van der Waals surface area (Å²) in [6.07, 6.45) is 6.97. The van der Waals surface area contributed by atoms with E-state index in [4.69, 9.17) is 20.2 Å². The molecule has 1 aliphatic carbocycles. The maximum absolute atomic E-state index is 6.60. The van der Waals surface area contributed by atoms with Crippen molar-refractivity contribution in [3.05, 3.63) is 52.5 Å². The molecule has 3 rings (SSSR count). The lowest BCUT2D eigenvalue weighted by molar-refractivity contribution is 0.395. The number of nitrogens with zero attached hydrogens (tertiary/aromatic N) is 2. The van der Waals surface area contributed by atoms with E-state index in [9.17, 15) is 0 Å². The number of methoxy groups -OCH3 is 2. The first kappa shape index (κ1) is 17.5. The lowest BCUT2D eigenvalue weighted by Crippen LogP contribution is -2.35. The third kappa shape index (κ3) is 3.41. The third-order valence-corrected chi connectivity index (χ3v) is 5.34. The summed E-state index contributed by atoms with van der Waals surface area (Å²) in [5.41, 5.74) is 8.98. The Kier molecular flexibility index (Phi) is 4.83. The Morgan fingerprint density at radius 2 is 2.04 bits per heavy atom. The summed E-state index contributed by atoms with van der Waals surface area (Å²) in [7, 11) is 7.33. The van der Waals surface area contributed by atoms with Crippen LogP contribution in [0.25, 0.3) is 11.3 Å². The van der Waals surface area contributed by atoms with E-state index in [1.165, 1.54) is 0 Å². The van der Waals surface area contributed by atoms with Gasteiger partial charge in [0.25, 0.3) is 0 Å². The average Bonchev–Trinajstić information content (AvgIpc) is 3.12. The number of thiazole rings is 1. The zero-order valence-electron chi connectivity index (χ0n) is 14.9. The van der Waals surface area contributed by atoms with Crippen LogP contribution < -0.4 is 15.2 Å². The zero-order chi connectivity index (χ0) is 18.0. The lowest BCUT2D eigenvalue weighted by Gasteiger charge is -2.27. The molecule has 6 heteroatoms. The monoisotopic (exact) mass is 357 g/mol. The van der Waals surface area contributed by atoms with Crippen molar-refractivity contribution in [3.8, 4) is 22.8 Å². The SMILES string of the molecule is COc1ccc(-c2csc(C3(N)C=CC(N(C)C)=CC3)n2)c(OC)c1. The highest BCUT2D eigenvalue weighted by molar-refractivity contribution is 7.10. The number of benzene rings is 1. The molecule has 0 bridgehead atoms. The van der Waals surface area contributed by atoms with Gasteiger partial charge in [-0.25, -0.2) is 4.98 Å². The standard InChI is InChI=1S/C19H23N3O2S/c1-22(2)13-7-9-19(20,10-8-13)18-21-16(12-25-18)15-6-5-14(23-3)11-17(15)24-4/h5-9,11-12H,10,20H2,1-4H3. The molecular formula is C19H23N3O2S. The largest absolute Gasteiger partial charge is 0.497 e. The van der Waals surface area contributed by atoms with Crippen molar-refractivity contribution in [2.75, 3.05) is 28.3 Å². The maximum atomic E-state index is 6.60. The minimum Gasteiger partial charge on any atom is -0.497 e. The first-order valence-corrected chi connectivity index (χ1v) is 8.89.